The van der Waals surface area contributed by atoms with E-state index in [1.165, 1.54) is 17.3 Å². The second-order valence-electron chi connectivity index (χ2n) is 4.63. The lowest BCUT2D eigenvalue weighted by atomic mass is 10.2. The quantitative estimate of drug-likeness (QED) is 0.689. The number of hydrogen-bond acceptors (Lipinski definition) is 4. The van der Waals surface area contributed by atoms with E-state index in [4.69, 9.17) is 23.2 Å². The van der Waals surface area contributed by atoms with Gasteiger partial charge >= 0.3 is 0 Å². The molecule has 0 N–H and O–H groups in total. The maximum absolute atomic E-state index is 6.40. The smallest absolute Gasteiger partial charge is 0.141 e. The first-order valence-corrected chi connectivity index (χ1v) is 7.26. The Bertz CT molecular complexity index is 807. The van der Waals surface area contributed by atoms with E-state index in [9.17, 15) is 0 Å². The molecule has 0 aliphatic heterocycles. The van der Waals surface area contributed by atoms with E-state index in [1.54, 1.807) is 10.9 Å². The van der Waals surface area contributed by atoms with E-state index in [0.717, 1.165) is 16.8 Å². The van der Waals surface area contributed by atoms with Crippen LogP contribution in [0, 0.1) is 6.92 Å². The lowest BCUT2D eigenvalue weighted by Gasteiger charge is -2.05. The van der Waals surface area contributed by atoms with Gasteiger partial charge in [-0.15, -0.1) is 10.2 Å². The molecule has 0 aliphatic carbocycles. The Hall–Kier alpha value is -2.18. The molecule has 0 bridgehead atoms. The van der Waals surface area contributed by atoms with E-state index in [2.05, 4.69) is 20.4 Å². The summed E-state index contributed by atoms with van der Waals surface area (Å²) in [5.41, 5.74) is 2.49. The van der Waals surface area contributed by atoms with Crippen LogP contribution in [0.1, 0.15) is 16.8 Å². The SMILES string of the molecule is Cc1nn(Cc2ccccc2Cl)c(Cl)c1C=Nn1cnnc1. The summed E-state index contributed by atoms with van der Waals surface area (Å²) >= 11 is 12.6. The molecular formula is C14H12Cl2N6. The first-order chi connectivity index (χ1) is 10.6. The van der Waals surface area contributed by atoms with Crippen LogP contribution in [0.15, 0.2) is 42.0 Å². The molecule has 0 amide bonds. The number of rotatable bonds is 4. The summed E-state index contributed by atoms with van der Waals surface area (Å²) in [7, 11) is 0. The normalized spacial score (nSPS) is 11.4. The Balaban J connectivity index is 1.88. The fourth-order valence-electron chi connectivity index (χ4n) is 1.99. The van der Waals surface area contributed by atoms with Crippen LogP contribution < -0.4 is 0 Å². The number of halogens is 2. The zero-order valence-electron chi connectivity index (χ0n) is 11.7. The average Bonchev–Trinajstić information content (AvgIpc) is 3.10. The molecule has 0 saturated carbocycles. The number of aryl methyl sites for hydroxylation is 1. The molecule has 0 spiro atoms. The minimum atomic E-state index is 0.500. The van der Waals surface area contributed by atoms with E-state index in [0.29, 0.717) is 16.7 Å². The number of nitrogens with zero attached hydrogens (tertiary/aromatic N) is 6. The van der Waals surface area contributed by atoms with Gasteiger partial charge < -0.3 is 0 Å². The van der Waals surface area contributed by atoms with Crippen LogP contribution in [0.4, 0.5) is 0 Å². The molecule has 112 valence electrons. The van der Waals surface area contributed by atoms with Crippen molar-refractivity contribution in [1.29, 1.82) is 0 Å². The van der Waals surface area contributed by atoms with E-state index < -0.39 is 0 Å². The summed E-state index contributed by atoms with van der Waals surface area (Å²) < 4.78 is 3.19. The molecule has 3 rings (SSSR count). The van der Waals surface area contributed by atoms with Gasteiger partial charge in [-0.1, -0.05) is 41.4 Å². The molecule has 22 heavy (non-hydrogen) atoms. The van der Waals surface area contributed by atoms with Crippen molar-refractivity contribution in [2.24, 2.45) is 5.10 Å². The Morgan fingerprint density at radius 2 is 1.91 bits per heavy atom. The van der Waals surface area contributed by atoms with Crippen molar-refractivity contribution >= 4 is 29.4 Å². The van der Waals surface area contributed by atoms with Gasteiger partial charge in [0, 0.05) is 5.02 Å². The fourth-order valence-corrected chi connectivity index (χ4v) is 2.46. The summed E-state index contributed by atoms with van der Waals surface area (Å²) in [5.74, 6) is 0. The predicted octanol–water partition coefficient (Wildman–Crippen LogP) is 3.02. The van der Waals surface area contributed by atoms with Crippen molar-refractivity contribution < 1.29 is 0 Å². The zero-order valence-corrected chi connectivity index (χ0v) is 13.2. The minimum absolute atomic E-state index is 0.500. The molecule has 2 aromatic heterocycles. The Morgan fingerprint density at radius 1 is 1.18 bits per heavy atom. The molecule has 0 unspecified atom stereocenters. The average molecular weight is 335 g/mol. The van der Waals surface area contributed by atoms with Crippen molar-refractivity contribution in [3.05, 3.63) is 63.9 Å². The molecule has 1 aromatic carbocycles. The first-order valence-electron chi connectivity index (χ1n) is 6.50. The molecule has 0 aliphatic rings. The molecule has 2 heterocycles. The Labute approximate surface area is 137 Å². The highest BCUT2D eigenvalue weighted by Gasteiger charge is 2.13. The van der Waals surface area contributed by atoms with Gasteiger partial charge in [0.25, 0.3) is 0 Å². The van der Waals surface area contributed by atoms with Crippen LogP contribution in [0.5, 0.6) is 0 Å². The highest BCUT2D eigenvalue weighted by atomic mass is 35.5. The van der Waals surface area contributed by atoms with Crippen molar-refractivity contribution in [3.8, 4) is 0 Å². The zero-order chi connectivity index (χ0) is 15.5. The number of aromatic nitrogens is 5. The van der Waals surface area contributed by atoms with Gasteiger partial charge in [0.2, 0.25) is 0 Å². The van der Waals surface area contributed by atoms with Gasteiger partial charge in [0.1, 0.15) is 17.8 Å². The van der Waals surface area contributed by atoms with Crippen molar-refractivity contribution in [1.82, 2.24) is 24.7 Å². The van der Waals surface area contributed by atoms with Crippen LogP contribution in [-0.2, 0) is 6.54 Å². The van der Waals surface area contributed by atoms with Crippen LogP contribution in [0.2, 0.25) is 10.2 Å². The largest absolute Gasteiger partial charge is 0.249 e. The third kappa shape index (κ3) is 3.03. The monoisotopic (exact) mass is 334 g/mol. The van der Waals surface area contributed by atoms with E-state index in [-0.39, 0.29) is 0 Å². The maximum Gasteiger partial charge on any atom is 0.141 e. The van der Waals surface area contributed by atoms with Crippen LogP contribution in [0.3, 0.4) is 0 Å². The summed E-state index contributed by atoms with van der Waals surface area (Å²) in [5, 5.41) is 17.2. The van der Waals surface area contributed by atoms with Gasteiger partial charge in [-0.2, -0.15) is 10.2 Å². The molecular weight excluding hydrogens is 323 g/mol. The van der Waals surface area contributed by atoms with Crippen molar-refractivity contribution in [2.75, 3.05) is 0 Å². The standard InChI is InChI=1S/C14H12Cl2N6/c1-10-12(6-19-21-8-17-18-9-21)14(16)22(20-10)7-11-4-2-3-5-13(11)15/h2-6,8-9H,7H2,1H3. The molecule has 0 fully saturated rings. The number of hydrogen-bond donors (Lipinski definition) is 0. The van der Waals surface area contributed by atoms with Gasteiger partial charge in [-0.25, -0.2) is 9.36 Å². The fraction of sp³-hybridized carbons (Fsp3) is 0.143. The maximum atomic E-state index is 6.40. The Kier molecular flexibility index (Phi) is 4.22. The van der Waals surface area contributed by atoms with Gasteiger partial charge in [-0.05, 0) is 18.6 Å². The topological polar surface area (TPSA) is 60.9 Å². The Morgan fingerprint density at radius 3 is 2.64 bits per heavy atom. The van der Waals surface area contributed by atoms with Crippen LogP contribution in [0.25, 0.3) is 0 Å². The predicted molar refractivity (Wildman–Crippen MR) is 85.5 cm³/mol. The molecule has 3 aromatic rings. The summed E-state index contributed by atoms with van der Waals surface area (Å²) in [6.07, 6.45) is 4.62. The first kappa shape index (κ1) is 14.7. The van der Waals surface area contributed by atoms with Gasteiger partial charge in [0.15, 0.2) is 0 Å². The second kappa shape index (κ2) is 6.29. The molecule has 0 saturated heterocycles. The molecule has 0 atom stereocenters. The molecule has 8 heteroatoms. The van der Waals surface area contributed by atoms with Crippen molar-refractivity contribution in [3.63, 3.8) is 0 Å². The van der Waals surface area contributed by atoms with Crippen LogP contribution in [-0.4, -0.2) is 30.9 Å². The van der Waals surface area contributed by atoms with Crippen LogP contribution >= 0.6 is 23.2 Å². The highest BCUT2D eigenvalue weighted by Crippen LogP contribution is 2.22. The third-order valence-electron chi connectivity index (χ3n) is 3.11. The summed E-state index contributed by atoms with van der Waals surface area (Å²) in [6.45, 7) is 2.38. The molecule has 0 radical (unpaired) electrons. The summed E-state index contributed by atoms with van der Waals surface area (Å²) in [4.78, 5) is 0. The number of benzene rings is 1. The van der Waals surface area contributed by atoms with E-state index in [1.807, 2.05) is 31.2 Å². The van der Waals surface area contributed by atoms with E-state index >= 15 is 0 Å². The van der Waals surface area contributed by atoms with Crippen molar-refractivity contribution in [2.45, 2.75) is 13.5 Å². The van der Waals surface area contributed by atoms with Gasteiger partial charge in [0.05, 0.1) is 24.0 Å². The summed E-state index contributed by atoms with van der Waals surface area (Å²) in [6, 6.07) is 7.61. The lowest BCUT2D eigenvalue weighted by Crippen LogP contribution is -2.02. The highest BCUT2D eigenvalue weighted by molar-refractivity contribution is 6.32. The lowest BCUT2D eigenvalue weighted by molar-refractivity contribution is 0.680. The molecule has 6 nitrogen and oxygen atoms in total. The third-order valence-corrected chi connectivity index (χ3v) is 3.88. The minimum Gasteiger partial charge on any atom is -0.249 e. The second-order valence-corrected chi connectivity index (χ2v) is 5.39. The van der Waals surface area contributed by atoms with Gasteiger partial charge in [-0.3, -0.25) is 0 Å².